The van der Waals surface area contributed by atoms with Crippen molar-refractivity contribution in [1.29, 1.82) is 0 Å². The first kappa shape index (κ1) is 39.3. The summed E-state index contributed by atoms with van der Waals surface area (Å²) >= 11 is -1.75. The summed E-state index contributed by atoms with van der Waals surface area (Å²) < 4.78 is 6.41. The van der Waals surface area contributed by atoms with E-state index in [0.717, 1.165) is 11.3 Å². The monoisotopic (exact) mass is 766 g/mol. The third-order valence-electron chi connectivity index (χ3n) is 8.05. The molecule has 0 unspecified atom stereocenters. The zero-order chi connectivity index (χ0) is 35.5. The second kappa shape index (κ2) is 15.2. The second-order valence-corrected chi connectivity index (χ2v) is 22.6. The van der Waals surface area contributed by atoms with Crippen molar-refractivity contribution in [2.45, 2.75) is 125 Å². The van der Waals surface area contributed by atoms with Gasteiger partial charge in [-0.15, -0.1) is 6.67 Å². The van der Waals surface area contributed by atoms with Crippen molar-refractivity contribution in [3.8, 4) is 5.75 Å². The van der Waals surface area contributed by atoms with E-state index >= 15 is 0 Å². The van der Waals surface area contributed by atoms with Crippen molar-refractivity contribution in [3.05, 3.63) is 108 Å². The van der Waals surface area contributed by atoms with Crippen LogP contribution in [0.25, 0.3) is 0 Å². The van der Waals surface area contributed by atoms with Crippen LogP contribution < -0.4 is 9.80 Å². The van der Waals surface area contributed by atoms with Gasteiger partial charge in [-0.05, 0) is 80.6 Å². The number of hydrogen-bond acceptors (Lipinski definition) is 2. The van der Waals surface area contributed by atoms with Crippen molar-refractivity contribution in [1.82, 2.24) is 0 Å². The summed E-state index contributed by atoms with van der Waals surface area (Å²) in [4.78, 5) is 4.51. The Hall–Kier alpha value is -2.13. The maximum absolute atomic E-state index is 5.83. The van der Waals surface area contributed by atoms with E-state index in [9.17, 15) is 0 Å². The minimum absolute atomic E-state index is 0.0990. The molecule has 0 aliphatic carbocycles. The van der Waals surface area contributed by atoms with Gasteiger partial charge in [0.1, 0.15) is 0 Å². The first-order valence-electron chi connectivity index (χ1n) is 16.5. The van der Waals surface area contributed by atoms with Crippen LogP contribution in [-0.4, -0.2) is 15.5 Å². The van der Waals surface area contributed by atoms with Crippen molar-refractivity contribution in [2.24, 2.45) is 0 Å². The van der Waals surface area contributed by atoms with Gasteiger partial charge in [0.25, 0.3) is 0 Å². The molecule has 0 fully saturated rings. The topological polar surface area (TPSA) is 19.3 Å². The van der Waals surface area contributed by atoms with Gasteiger partial charge in [0.15, 0.2) is 0 Å². The fourth-order valence-electron chi connectivity index (χ4n) is 4.97. The third kappa shape index (κ3) is 11.5. The molecule has 0 saturated heterocycles. The Kier molecular flexibility index (Phi) is 12.7. The molecule has 1 aliphatic rings. The summed E-state index contributed by atoms with van der Waals surface area (Å²) in [5.74, 6) is 0.975. The average Bonchev–Trinajstić information content (AvgIpc) is 3.42. The van der Waals surface area contributed by atoms with Crippen LogP contribution in [0.4, 0.5) is 11.4 Å². The molecule has 0 spiro atoms. The number of benzene rings is 3. The molecule has 0 radical (unpaired) electrons. The summed E-state index contributed by atoms with van der Waals surface area (Å²) in [7, 11) is 11.7. The van der Waals surface area contributed by atoms with Crippen molar-refractivity contribution >= 4 is 35.4 Å². The number of anilines is 2. The van der Waals surface area contributed by atoms with Gasteiger partial charge in [0, 0.05) is 11.4 Å². The Bertz CT molecular complexity index is 1430. The number of nitrogens with zero attached hydrogens (tertiary/aromatic N) is 2. The molecule has 3 aromatic rings. The maximum atomic E-state index is 5.83. The molecule has 3 nitrogen and oxygen atoms in total. The normalized spacial score (nSPS) is 14.3. The Morgan fingerprint density at radius 2 is 0.979 bits per heavy atom. The number of rotatable bonds is 5. The number of aromatic hydroxyl groups is 1. The molecule has 260 valence electrons. The molecular weight excluding hydrogens is 708 g/mol. The predicted molar refractivity (Wildman–Crippen MR) is 206 cm³/mol. The number of halogens is 2. The van der Waals surface area contributed by atoms with Gasteiger partial charge in [0.2, 0.25) is 0 Å². The number of para-hydroxylation sites is 1. The van der Waals surface area contributed by atoms with Crippen LogP contribution in [-0.2, 0) is 35.2 Å². The molecule has 1 aliphatic heterocycles. The van der Waals surface area contributed by atoms with Gasteiger partial charge in [-0.2, -0.15) is 0 Å². The number of hydrogen-bond donors (Lipinski definition) is 0. The molecule has 0 amide bonds. The van der Waals surface area contributed by atoms with E-state index in [2.05, 4.69) is 153 Å². The minimum atomic E-state index is -1.75. The van der Waals surface area contributed by atoms with E-state index in [1.54, 1.807) is 0 Å². The Morgan fingerprint density at radius 1 is 0.617 bits per heavy atom. The zero-order valence-corrected chi connectivity index (χ0v) is 34.4. The van der Waals surface area contributed by atoms with Crippen molar-refractivity contribution in [2.75, 3.05) is 9.80 Å². The molecular formula is C41H58Cl2N2ORu. The van der Waals surface area contributed by atoms with Crippen molar-refractivity contribution < 1.29 is 18.3 Å². The molecule has 0 aromatic heterocycles. The van der Waals surface area contributed by atoms with E-state index in [1.165, 1.54) is 33.6 Å². The van der Waals surface area contributed by atoms with Crippen LogP contribution in [0.1, 0.15) is 125 Å². The fraction of sp³-hybridized carbons (Fsp3) is 0.463. The van der Waals surface area contributed by atoms with Crippen LogP contribution in [0.3, 0.4) is 0 Å². The van der Waals surface area contributed by atoms with Crippen LogP contribution in [0, 0.1) is 6.67 Å². The Morgan fingerprint density at radius 3 is 1.30 bits per heavy atom. The van der Waals surface area contributed by atoms with E-state index in [-0.39, 0.29) is 27.8 Å². The second-order valence-electron chi connectivity index (χ2n) is 16.9. The van der Waals surface area contributed by atoms with Crippen LogP contribution >= 0.6 is 19.4 Å². The molecule has 0 bridgehead atoms. The molecule has 1 heterocycles. The summed E-state index contributed by atoms with van der Waals surface area (Å²) in [6.45, 7) is 33.8. The quantitative estimate of drug-likeness (QED) is 0.146. The summed E-state index contributed by atoms with van der Waals surface area (Å²) in [6.07, 6.45) is 4.64. The first-order chi connectivity index (χ1) is 21.4. The molecule has 0 atom stereocenters. The molecule has 1 N–H and O–H groups in total. The number of aliphatic hydroxyl groups is 1. The Labute approximate surface area is 299 Å². The van der Waals surface area contributed by atoms with Crippen LogP contribution in [0.5, 0.6) is 5.75 Å². The van der Waals surface area contributed by atoms with Gasteiger partial charge in [-0.25, -0.2) is 0 Å². The third-order valence-corrected chi connectivity index (χ3v) is 9.89. The standard InChI is InChI=1S/C31H45N2.C10H12O.2ClH.Ru/c1-28(2,3)22-15-23(29(4,5)6)18-26(17-22)32-13-14-33(21-32)27-19-24(30(7,8)9)16-25(20-27)31(10,11)12;1-8(2)11-10-7-5-4-6-9(10)3;;;/h13-21H,1-12H3;3-8H,1-2H3;2*1H;/q-1;;;;+2/p-1. The van der Waals surface area contributed by atoms with E-state index in [1.807, 2.05) is 42.7 Å². The molecule has 47 heavy (non-hydrogen) atoms. The van der Waals surface area contributed by atoms with Crippen LogP contribution in [0.2, 0.25) is 0 Å². The van der Waals surface area contributed by atoms with Gasteiger partial charge >= 0.3 is 97.8 Å². The molecule has 0 saturated carbocycles. The van der Waals surface area contributed by atoms with E-state index < -0.39 is 13.5 Å². The van der Waals surface area contributed by atoms with Gasteiger partial charge in [-0.1, -0.05) is 95.2 Å². The Balaban J connectivity index is 0.000000358. The summed E-state index contributed by atoms with van der Waals surface area (Å²) in [5.41, 5.74) is 9.36. The van der Waals surface area contributed by atoms with Crippen LogP contribution in [0.15, 0.2) is 73.1 Å². The zero-order valence-electron chi connectivity index (χ0n) is 31.1. The predicted octanol–water partition coefficient (Wildman–Crippen LogP) is 12.2. The van der Waals surface area contributed by atoms with E-state index in [4.69, 9.17) is 19.4 Å². The summed E-state index contributed by atoms with van der Waals surface area (Å²) in [5, 5.41) is 0. The molecule has 4 rings (SSSR count). The van der Waals surface area contributed by atoms with E-state index in [0.29, 0.717) is 0 Å². The van der Waals surface area contributed by atoms with Gasteiger partial charge in [0.05, 0.1) is 0 Å². The first-order valence-corrected chi connectivity index (χ1v) is 22.0. The molecule has 3 aromatic carbocycles. The number of ether oxygens (including phenoxy) is 1. The summed E-state index contributed by atoms with van der Waals surface area (Å²) in [6, 6.07) is 22.0. The molecule has 6 heteroatoms. The van der Waals surface area contributed by atoms with Gasteiger partial charge < -0.3 is 9.80 Å². The SMILES string of the molecule is CC(C)(C)c1cc(N2C=CN(c3cc(C(C)(C)C)cc(C(C)(C)C)c3)[CH-]2)cc(C(C)(C)C)c1.CC(C)[OH+]c1ccccc1[CH]=[Ru]([Cl])[Cl]. The van der Waals surface area contributed by atoms with Crippen molar-refractivity contribution in [3.63, 3.8) is 0 Å². The fourth-order valence-corrected chi connectivity index (χ4v) is 6.78. The average molecular weight is 767 g/mol. The van der Waals surface area contributed by atoms with Gasteiger partial charge in [-0.3, -0.25) is 0 Å².